The van der Waals surface area contributed by atoms with Gasteiger partial charge in [0, 0.05) is 18.1 Å². The standard InChI is InChI=1S/C9H10N4O2S/c10-8-5-7(13-4-3-12-6-13)1-2-9(8)16(11,14)15/h1-6H,10H2,(H2,11,14,15). The molecular weight excluding hydrogens is 228 g/mol. The molecule has 6 nitrogen and oxygen atoms in total. The number of nitrogens with zero attached hydrogens (tertiary/aromatic N) is 2. The molecule has 0 saturated heterocycles. The number of aromatic nitrogens is 2. The van der Waals surface area contributed by atoms with Crippen LogP contribution in [0.3, 0.4) is 0 Å². The van der Waals surface area contributed by atoms with Gasteiger partial charge >= 0.3 is 0 Å². The summed E-state index contributed by atoms with van der Waals surface area (Å²) in [4.78, 5) is 3.81. The van der Waals surface area contributed by atoms with E-state index in [0.29, 0.717) is 0 Å². The van der Waals surface area contributed by atoms with Crippen molar-refractivity contribution in [3.63, 3.8) is 0 Å². The number of benzene rings is 1. The third kappa shape index (κ3) is 1.90. The number of nitrogens with two attached hydrogens (primary N) is 2. The summed E-state index contributed by atoms with van der Waals surface area (Å²) in [6, 6.07) is 4.51. The van der Waals surface area contributed by atoms with Crippen LogP contribution in [0.25, 0.3) is 5.69 Å². The second kappa shape index (κ2) is 3.62. The lowest BCUT2D eigenvalue weighted by molar-refractivity contribution is 0.598. The molecule has 1 heterocycles. The van der Waals surface area contributed by atoms with Gasteiger partial charge in [0.05, 0.1) is 12.0 Å². The molecule has 0 atom stereocenters. The maximum Gasteiger partial charge on any atom is 0.240 e. The zero-order valence-electron chi connectivity index (χ0n) is 8.24. The molecule has 0 aliphatic carbocycles. The predicted molar refractivity (Wildman–Crippen MR) is 59.3 cm³/mol. The molecule has 0 unspecified atom stereocenters. The average molecular weight is 238 g/mol. The first-order chi connectivity index (χ1) is 7.48. The summed E-state index contributed by atoms with van der Waals surface area (Å²) in [5.74, 6) is 0. The molecule has 2 rings (SSSR count). The van der Waals surface area contributed by atoms with Crippen LogP contribution in [-0.2, 0) is 10.0 Å². The van der Waals surface area contributed by atoms with Gasteiger partial charge in [0.15, 0.2) is 0 Å². The lowest BCUT2D eigenvalue weighted by Crippen LogP contribution is -2.14. The van der Waals surface area contributed by atoms with Crippen LogP contribution in [-0.4, -0.2) is 18.0 Å². The lowest BCUT2D eigenvalue weighted by atomic mass is 10.3. The van der Waals surface area contributed by atoms with Crippen molar-refractivity contribution in [1.29, 1.82) is 0 Å². The number of hydrogen-bond donors (Lipinski definition) is 2. The van der Waals surface area contributed by atoms with Crippen molar-refractivity contribution < 1.29 is 8.42 Å². The van der Waals surface area contributed by atoms with Gasteiger partial charge in [-0.1, -0.05) is 0 Å². The van der Waals surface area contributed by atoms with Gasteiger partial charge < -0.3 is 10.3 Å². The van der Waals surface area contributed by atoms with Crippen molar-refractivity contribution in [3.8, 4) is 5.69 Å². The number of nitrogen functional groups attached to an aromatic ring is 1. The van der Waals surface area contributed by atoms with Crippen LogP contribution in [0, 0.1) is 0 Å². The van der Waals surface area contributed by atoms with Gasteiger partial charge in [-0.25, -0.2) is 18.5 Å². The summed E-state index contributed by atoms with van der Waals surface area (Å²) in [5.41, 5.74) is 6.46. The second-order valence-electron chi connectivity index (χ2n) is 3.24. The molecule has 7 heteroatoms. The van der Waals surface area contributed by atoms with Crippen molar-refractivity contribution in [2.24, 2.45) is 5.14 Å². The second-order valence-corrected chi connectivity index (χ2v) is 4.77. The van der Waals surface area contributed by atoms with Crippen LogP contribution < -0.4 is 10.9 Å². The summed E-state index contributed by atoms with van der Waals surface area (Å²) in [5, 5.41) is 5.00. The molecule has 0 aliphatic rings. The molecule has 0 bridgehead atoms. The predicted octanol–water partition coefficient (Wildman–Crippen LogP) is 0.102. The van der Waals surface area contributed by atoms with Crippen LogP contribution in [0.4, 0.5) is 5.69 Å². The number of sulfonamides is 1. The Morgan fingerprint density at radius 3 is 2.56 bits per heavy atom. The molecule has 16 heavy (non-hydrogen) atoms. The van der Waals surface area contributed by atoms with Crippen molar-refractivity contribution in [2.45, 2.75) is 4.90 Å². The van der Waals surface area contributed by atoms with E-state index >= 15 is 0 Å². The summed E-state index contributed by atoms with van der Waals surface area (Å²) < 4.78 is 24.0. The Bertz CT molecular complexity index is 604. The minimum atomic E-state index is -3.77. The van der Waals surface area contributed by atoms with Gasteiger partial charge in [0.1, 0.15) is 4.90 Å². The number of hydrogen-bond acceptors (Lipinski definition) is 4. The van der Waals surface area contributed by atoms with E-state index < -0.39 is 10.0 Å². The van der Waals surface area contributed by atoms with E-state index in [1.807, 2.05) is 0 Å². The molecule has 1 aromatic heterocycles. The van der Waals surface area contributed by atoms with Crippen molar-refractivity contribution in [1.82, 2.24) is 9.55 Å². The van der Waals surface area contributed by atoms with Gasteiger partial charge in [-0.15, -0.1) is 0 Å². The highest BCUT2D eigenvalue weighted by molar-refractivity contribution is 7.89. The van der Waals surface area contributed by atoms with E-state index in [9.17, 15) is 8.42 Å². The van der Waals surface area contributed by atoms with E-state index in [4.69, 9.17) is 10.9 Å². The van der Waals surface area contributed by atoms with E-state index in [2.05, 4.69) is 4.98 Å². The number of rotatable bonds is 2. The molecule has 4 N–H and O–H groups in total. The maximum atomic E-state index is 11.1. The highest BCUT2D eigenvalue weighted by Gasteiger charge is 2.12. The van der Waals surface area contributed by atoms with Gasteiger partial charge in [-0.3, -0.25) is 0 Å². The third-order valence-electron chi connectivity index (χ3n) is 2.10. The molecule has 0 saturated carbocycles. The summed E-state index contributed by atoms with van der Waals surface area (Å²) in [6.45, 7) is 0. The lowest BCUT2D eigenvalue weighted by Gasteiger charge is -2.06. The topological polar surface area (TPSA) is 104 Å². The minimum Gasteiger partial charge on any atom is -0.398 e. The van der Waals surface area contributed by atoms with Crippen LogP contribution in [0.1, 0.15) is 0 Å². The highest BCUT2D eigenvalue weighted by Crippen LogP contribution is 2.20. The maximum absolute atomic E-state index is 11.1. The summed E-state index contributed by atoms with van der Waals surface area (Å²) in [7, 11) is -3.77. The number of anilines is 1. The van der Waals surface area contributed by atoms with Gasteiger partial charge in [-0.05, 0) is 18.2 Å². The van der Waals surface area contributed by atoms with E-state index in [0.717, 1.165) is 5.69 Å². The molecule has 0 fully saturated rings. The van der Waals surface area contributed by atoms with Gasteiger partial charge in [0.2, 0.25) is 10.0 Å². The summed E-state index contributed by atoms with van der Waals surface area (Å²) in [6.07, 6.45) is 4.93. The molecule has 0 radical (unpaired) electrons. The van der Waals surface area contributed by atoms with Crippen LogP contribution >= 0.6 is 0 Å². The Balaban J connectivity index is 2.53. The molecule has 1 aromatic carbocycles. The van der Waals surface area contributed by atoms with E-state index in [-0.39, 0.29) is 10.6 Å². The average Bonchev–Trinajstić information content (AvgIpc) is 2.68. The van der Waals surface area contributed by atoms with Crippen LogP contribution in [0.5, 0.6) is 0 Å². The summed E-state index contributed by atoms with van der Waals surface area (Å²) >= 11 is 0. The third-order valence-corrected chi connectivity index (χ3v) is 3.09. The Morgan fingerprint density at radius 2 is 2.06 bits per heavy atom. The van der Waals surface area contributed by atoms with Crippen molar-refractivity contribution in [3.05, 3.63) is 36.9 Å². The Labute approximate surface area is 92.6 Å². The molecule has 0 aliphatic heterocycles. The first-order valence-electron chi connectivity index (χ1n) is 4.39. The Kier molecular flexibility index (Phi) is 2.41. The molecule has 2 aromatic rings. The fourth-order valence-corrected chi connectivity index (χ4v) is 2.01. The number of primary sulfonamides is 1. The number of imidazole rings is 1. The smallest absolute Gasteiger partial charge is 0.240 e. The van der Waals surface area contributed by atoms with Crippen LogP contribution in [0.15, 0.2) is 41.8 Å². The first-order valence-corrected chi connectivity index (χ1v) is 5.94. The van der Waals surface area contributed by atoms with Gasteiger partial charge in [0.25, 0.3) is 0 Å². The quantitative estimate of drug-likeness (QED) is 0.724. The highest BCUT2D eigenvalue weighted by atomic mass is 32.2. The molecule has 0 spiro atoms. The van der Waals surface area contributed by atoms with Crippen LogP contribution in [0.2, 0.25) is 0 Å². The fraction of sp³-hybridized carbons (Fsp3) is 0. The first kappa shape index (κ1) is 10.7. The Morgan fingerprint density at radius 1 is 1.31 bits per heavy atom. The monoisotopic (exact) mass is 238 g/mol. The molecular formula is C9H10N4O2S. The van der Waals surface area contributed by atoms with Crippen molar-refractivity contribution >= 4 is 15.7 Å². The molecule has 84 valence electrons. The Hall–Kier alpha value is -1.86. The SMILES string of the molecule is Nc1cc(-n2ccnc2)ccc1S(N)(=O)=O. The fourth-order valence-electron chi connectivity index (χ4n) is 1.37. The minimum absolute atomic E-state index is 0.0728. The molecule has 0 amide bonds. The largest absolute Gasteiger partial charge is 0.398 e. The zero-order valence-corrected chi connectivity index (χ0v) is 9.05. The van der Waals surface area contributed by atoms with E-state index in [1.165, 1.54) is 12.1 Å². The van der Waals surface area contributed by atoms with E-state index in [1.54, 1.807) is 29.4 Å². The van der Waals surface area contributed by atoms with Gasteiger partial charge in [-0.2, -0.15) is 0 Å². The normalized spacial score (nSPS) is 11.6. The zero-order chi connectivity index (χ0) is 11.8. The van der Waals surface area contributed by atoms with Crippen molar-refractivity contribution in [2.75, 3.05) is 5.73 Å².